The zero-order chi connectivity index (χ0) is 16.2. The minimum atomic E-state index is -1.12. The maximum atomic E-state index is 10.7. The quantitative estimate of drug-likeness (QED) is 0.676. The highest BCUT2D eigenvalue weighted by Crippen LogP contribution is 2.27. The molecule has 3 N–H and O–H groups in total. The van der Waals surface area contributed by atoms with Gasteiger partial charge in [-0.1, -0.05) is 6.07 Å². The molecule has 0 aliphatic heterocycles. The van der Waals surface area contributed by atoms with E-state index in [4.69, 9.17) is 9.52 Å². The van der Waals surface area contributed by atoms with Crippen molar-refractivity contribution < 1.29 is 14.3 Å². The fourth-order valence-electron chi connectivity index (χ4n) is 2.05. The van der Waals surface area contributed by atoms with Gasteiger partial charge in [-0.3, -0.25) is 10.3 Å². The Morgan fingerprint density at radius 2 is 2.13 bits per heavy atom. The summed E-state index contributed by atoms with van der Waals surface area (Å²) in [6.07, 6.45) is 3.86. The molecule has 3 aromatic rings. The normalized spacial score (nSPS) is 10.3. The molecule has 0 saturated carbocycles. The first-order valence-electron chi connectivity index (χ1n) is 6.85. The highest BCUT2D eigenvalue weighted by molar-refractivity contribution is 5.84. The number of carboxylic acid groups (broad SMARTS) is 1. The standard InChI is InChI=1S/C16H14N4O3/c1-10-4-5-12(19-16(21)22)7-13(10)20-15-18-9-14(23-15)11-3-2-6-17-8-11/h2-9,19H,1H3,(H,18,20)(H,21,22). The van der Waals surface area contributed by atoms with Crippen LogP contribution in [0.2, 0.25) is 0 Å². The van der Waals surface area contributed by atoms with E-state index in [2.05, 4.69) is 20.6 Å². The van der Waals surface area contributed by atoms with Gasteiger partial charge in [0.2, 0.25) is 0 Å². The fourth-order valence-corrected chi connectivity index (χ4v) is 2.05. The Morgan fingerprint density at radius 3 is 2.87 bits per heavy atom. The molecule has 2 heterocycles. The summed E-state index contributed by atoms with van der Waals surface area (Å²) in [6, 6.07) is 9.18. The van der Waals surface area contributed by atoms with E-state index in [0.717, 1.165) is 11.1 Å². The van der Waals surface area contributed by atoms with Crippen LogP contribution in [0.1, 0.15) is 5.56 Å². The van der Waals surface area contributed by atoms with E-state index in [9.17, 15) is 4.79 Å². The van der Waals surface area contributed by atoms with Gasteiger partial charge in [-0.05, 0) is 36.8 Å². The number of benzene rings is 1. The lowest BCUT2D eigenvalue weighted by Crippen LogP contribution is -2.07. The lowest BCUT2D eigenvalue weighted by Gasteiger charge is -2.08. The predicted octanol–water partition coefficient (Wildman–Crippen LogP) is 3.88. The van der Waals surface area contributed by atoms with Crippen molar-refractivity contribution in [2.45, 2.75) is 6.92 Å². The summed E-state index contributed by atoms with van der Waals surface area (Å²) in [5.41, 5.74) is 2.92. The first-order valence-corrected chi connectivity index (χ1v) is 6.85. The topological polar surface area (TPSA) is 100 Å². The van der Waals surface area contributed by atoms with Crippen molar-refractivity contribution in [3.63, 3.8) is 0 Å². The summed E-state index contributed by atoms with van der Waals surface area (Å²) in [5.74, 6) is 0.595. The third kappa shape index (κ3) is 3.46. The second kappa shape index (κ2) is 6.18. The third-order valence-electron chi connectivity index (χ3n) is 3.18. The SMILES string of the molecule is Cc1ccc(NC(=O)O)cc1Nc1ncc(-c2cccnc2)o1. The number of aromatic nitrogens is 2. The summed E-state index contributed by atoms with van der Waals surface area (Å²) in [7, 11) is 0. The average Bonchev–Trinajstić information content (AvgIpc) is 3.00. The Kier molecular flexibility index (Phi) is 3.92. The van der Waals surface area contributed by atoms with E-state index in [0.29, 0.717) is 23.1 Å². The van der Waals surface area contributed by atoms with Crippen molar-refractivity contribution in [1.29, 1.82) is 0 Å². The number of hydrogen-bond acceptors (Lipinski definition) is 5. The number of rotatable bonds is 4. The highest BCUT2D eigenvalue weighted by Gasteiger charge is 2.09. The maximum Gasteiger partial charge on any atom is 0.409 e. The predicted molar refractivity (Wildman–Crippen MR) is 85.8 cm³/mol. The molecule has 3 rings (SSSR count). The number of anilines is 3. The van der Waals surface area contributed by atoms with E-state index >= 15 is 0 Å². The molecule has 0 unspecified atom stereocenters. The smallest absolute Gasteiger partial charge is 0.409 e. The lowest BCUT2D eigenvalue weighted by molar-refractivity contribution is 0.210. The van der Waals surface area contributed by atoms with Gasteiger partial charge in [0.15, 0.2) is 5.76 Å². The first-order chi connectivity index (χ1) is 11.1. The maximum absolute atomic E-state index is 10.7. The summed E-state index contributed by atoms with van der Waals surface area (Å²) >= 11 is 0. The van der Waals surface area contributed by atoms with Crippen LogP contribution in [0, 0.1) is 6.92 Å². The summed E-state index contributed by atoms with van der Waals surface area (Å²) in [6.45, 7) is 1.90. The molecule has 0 aliphatic rings. The van der Waals surface area contributed by atoms with Gasteiger partial charge in [0.1, 0.15) is 0 Å². The van der Waals surface area contributed by atoms with E-state index in [-0.39, 0.29) is 0 Å². The number of nitrogens with zero attached hydrogens (tertiary/aromatic N) is 2. The number of carbonyl (C=O) groups is 1. The second-order valence-corrected chi connectivity index (χ2v) is 4.86. The zero-order valence-electron chi connectivity index (χ0n) is 12.3. The molecule has 1 aromatic carbocycles. The summed E-state index contributed by atoms with van der Waals surface area (Å²) in [5, 5.41) is 14.1. The van der Waals surface area contributed by atoms with Crippen LogP contribution >= 0.6 is 0 Å². The molecular formula is C16H14N4O3. The molecule has 0 fully saturated rings. The molecular weight excluding hydrogens is 296 g/mol. The van der Waals surface area contributed by atoms with Crippen molar-refractivity contribution in [1.82, 2.24) is 9.97 Å². The van der Waals surface area contributed by atoms with Gasteiger partial charge in [0.25, 0.3) is 6.01 Å². The van der Waals surface area contributed by atoms with Gasteiger partial charge in [0, 0.05) is 29.3 Å². The molecule has 1 amide bonds. The van der Waals surface area contributed by atoms with Crippen molar-refractivity contribution in [3.05, 3.63) is 54.5 Å². The molecule has 2 aromatic heterocycles. The Morgan fingerprint density at radius 1 is 1.26 bits per heavy atom. The van der Waals surface area contributed by atoms with Crippen LogP contribution in [0.3, 0.4) is 0 Å². The Labute approximate surface area is 132 Å². The van der Waals surface area contributed by atoms with Crippen molar-refractivity contribution in [2.24, 2.45) is 0 Å². The van der Waals surface area contributed by atoms with Crippen LogP contribution in [-0.4, -0.2) is 21.2 Å². The van der Waals surface area contributed by atoms with Crippen molar-refractivity contribution in [3.8, 4) is 11.3 Å². The number of amides is 1. The van der Waals surface area contributed by atoms with Crippen LogP contribution in [0.25, 0.3) is 11.3 Å². The minimum absolute atomic E-state index is 0.319. The van der Waals surface area contributed by atoms with Crippen LogP contribution < -0.4 is 10.6 Å². The molecule has 7 heteroatoms. The van der Waals surface area contributed by atoms with Gasteiger partial charge in [0.05, 0.1) is 6.20 Å². The van der Waals surface area contributed by atoms with E-state index in [1.165, 1.54) is 0 Å². The summed E-state index contributed by atoms with van der Waals surface area (Å²) in [4.78, 5) is 18.9. The lowest BCUT2D eigenvalue weighted by atomic mass is 10.2. The molecule has 116 valence electrons. The van der Waals surface area contributed by atoms with Crippen molar-refractivity contribution >= 4 is 23.5 Å². The van der Waals surface area contributed by atoms with E-state index in [1.807, 2.05) is 19.1 Å². The first kappa shape index (κ1) is 14.6. The molecule has 0 saturated heterocycles. The molecule has 7 nitrogen and oxygen atoms in total. The van der Waals surface area contributed by atoms with Gasteiger partial charge in [-0.25, -0.2) is 9.78 Å². The molecule has 0 aliphatic carbocycles. The van der Waals surface area contributed by atoms with Crippen molar-refractivity contribution in [2.75, 3.05) is 10.6 Å². The number of nitrogens with one attached hydrogen (secondary N) is 2. The summed E-state index contributed by atoms with van der Waals surface area (Å²) < 4.78 is 5.65. The Balaban J connectivity index is 1.82. The molecule has 0 atom stereocenters. The van der Waals surface area contributed by atoms with Crippen LogP contribution in [0.4, 0.5) is 22.2 Å². The fraction of sp³-hybridized carbons (Fsp3) is 0.0625. The van der Waals surface area contributed by atoms with Gasteiger partial charge >= 0.3 is 6.09 Å². The van der Waals surface area contributed by atoms with Gasteiger partial charge in [-0.15, -0.1) is 0 Å². The van der Waals surface area contributed by atoms with E-state index < -0.39 is 6.09 Å². The second-order valence-electron chi connectivity index (χ2n) is 4.86. The molecule has 0 radical (unpaired) electrons. The van der Waals surface area contributed by atoms with E-state index in [1.54, 1.807) is 36.8 Å². The largest absolute Gasteiger partial charge is 0.465 e. The minimum Gasteiger partial charge on any atom is -0.465 e. The zero-order valence-corrected chi connectivity index (χ0v) is 12.3. The number of pyridine rings is 1. The third-order valence-corrected chi connectivity index (χ3v) is 3.18. The van der Waals surface area contributed by atoms with Crippen LogP contribution in [-0.2, 0) is 0 Å². The number of oxazole rings is 1. The van der Waals surface area contributed by atoms with Crippen LogP contribution in [0.15, 0.2) is 53.3 Å². The van der Waals surface area contributed by atoms with Gasteiger partial charge in [-0.2, -0.15) is 0 Å². The van der Waals surface area contributed by atoms with Gasteiger partial charge < -0.3 is 14.8 Å². The molecule has 0 spiro atoms. The van der Waals surface area contributed by atoms with Crippen LogP contribution in [0.5, 0.6) is 0 Å². The Bertz CT molecular complexity index is 830. The number of aryl methyl sites for hydroxylation is 1. The Hall–Kier alpha value is -3.35. The molecule has 0 bridgehead atoms. The monoisotopic (exact) mass is 310 g/mol. The highest BCUT2D eigenvalue weighted by atomic mass is 16.4. The number of hydrogen-bond donors (Lipinski definition) is 3. The molecule has 23 heavy (non-hydrogen) atoms. The average molecular weight is 310 g/mol.